The van der Waals surface area contributed by atoms with Crippen molar-refractivity contribution in [3.05, 3.63) is 0 Å². The fourth-order valence-electron chi connectivity index (χ4n) is 2.18. The topological polar surface area (TPSA) is 61.4 Å². The molecule has 1 saturated heterocycles. The third kappa shape index (κ3) is 4.20. The summed E-state index contributed by atoms with van der Waals surface area (Å²) in [4.78, 5) is 26.2. The zero-order valence-electron chi connectivity index (χ0n) is 13.7. The Morgan fingerprint density at radius 2 is 1.55 bits per heavy atom. The maximum Gasteiger partial charge on any atom is 0.239 e. The Hall–Kier alpha value is -1.10. The standard InChI is InChI=1S/C15H29N3O2/c1-14(2,3)13(20)18-9-7-11(8-10-18)17-12(19)15(4,5)16-6/h11,16H,7-10H2,1-6H3,(H,17,19). The highest BCUT2D eigenvalue weighted by Crippen LogP contribution is 2.21. The van der Waals surface area contributed by atoms with Crippen LogP contribution in [0.3, 0.4) is 0 Å². The second-order valence-corrected chi connectivity index (χ2v) is 7.16. The number of hydrogen-bond donors (Lipinski definition) is 2. The van der Waals surface area contributed by atoms with Crippen LogP contribution in [-0.4, -0.2) is 48.4 Å². The third-order valence-electron chi connectivity index (χ3n) is 3.95. The van der Waals surface area contributed by atoms with Crippen LogP contribution in [0, 0.1) is 5.41 Å². The smallest absolute Gasteiger partial charge is 0.239 e. The molecule has 1 rings (SSSR count). The van der Waals surface area contributed by atoms with Gasteiger partial charge in [0.1, 0.15) is 0 Å². The molecule has 5 nitrogen and oxygen atoms in total. The van der Waals surface area contributed by atoms with Gasteiger partial charge in [0.2, 0.25) is 11.8 Å². The van der Waals surface area contributed by atoms with Crippen LogP contribution in [-0.2, 0) is 9.59 Å². The van der Waals surface area contributed by atoms with Crippen molar-refractivity contribution in [2.45, 2.75) is 59.0 Å². The van der Waals surface area contributed by atoms with Gasteiger partial charge in [0.25, 0.3) is 0 Å². The lowest BCUT2D eigenvalue weighted by molar-refractivity contribution is -0.140. The molecule has 0 aromatic heterocycles. The van der Waals surface area contributed by atoms with Crippen molar-refractivity contribution in [1.82, 2.24) is 15.5 Å². The van der Waals surface area contributed by atoms with Crippen molar-refractivity contribution in [3.8, 4) is 0 Å². The minimum Gasteiger partial charge on any atom is -0.352 e. The van der Waals surface area contributed by atoms with E-state index >= 15 is 0 Å². The number of piperidine rings is 1. The van der Waals surface area contributed by atoms with Gasteiger partial charge < -0.3 is 15.5 Å². The monoisotopic (exact) mass is 283 g/mol. The van der Waals surface area contributed by atoms with E-state index in [2.05, 4.69) is 10.6 Å². The number of carbonyl (C=O) groups excluding carboxylic acids is 2. The Bertz CT molecular complexity index is 364. The van der Waals surface area contributed by atoms with E-state index < -0.39 is 5.54 Å². The van der Waals surface area contributed by atoms with E-state index in [4.69, 9.17) is 0 Å². The van der Waals surface area contributed by atoms with Crippen molar-refractivity contribution < 1.29 is 9.59 Å². The summed E-state index contributed by atoms with van der Waals surface area (Å²) in [7, 11) is 1.78. The number of hydrogen-bond acceptors (Lipinski definition) is 3. The van der Waals surface area contributed by atoms with Gasteiger partial charge in [-0.05, 0) is 33.7 Å². The van der Waals surface area contributed by atoms with E-state index in [1.165, 1.54) is 0 Å². The quantitative estimate of drug-likeness (QED) is 0.816. The highest BCUT2D eigenvalue weighted by molar-refractivity contribution is 5.85. The van der Waals surface area contributed by atoms with E-state index in [1.807, 2.05) is 39.5 Å². The third-order valence-corrected chi connectivity index (χ3v) is 3.95. The van der Waals surface area contributed by atoms with Gasteiger partial charge in [-0.15, -0.1) is 0 Å². The summed E-state index contributed by atoms with van der Waals surface area (Å²) in [5, 5.41) is 6.07. The van der Waals surface area contributed by atoms with Gasteiger partial charge in [-0.1, -0.05) is 20.8 Å². The number of likely N-dealkylation sites (N-methyl/N-ethyl adjacent to an activating group) is 1. The molecule has 0 saturated carbocycles. The van der Waals surface area contributed by atoms with Crippen molar-refractivity contribution in [2.75, 3.05) is 20.1 Å². The molecule has 20 heavy (non-hydrogen) atoms. The van der Waals surface area contributed by atoms with Crippen LogP contribution >= 0.6 is 0 Å². The summed E-state index contributed by atoms with van der Waals surface area (Å²) < 4.78 is 0. The Morgan fingerprint density at radius 1 is 1.05 bits per heavy atom. The zero-order chi connectivity index (χ0) is 15.6. The van der Waals surface area contributed by atoms with E-state index in [0.717, 1.165) is 25.9 Å². The molecule has 5 heteroatoms. The number of nitrogens with one attached hydrogen (secondary N) is 2. The van der Waals surface area contributed by atoms with Crippen LogP contribution in [0.4, 0.5) is 0 Å². The normalized spacial score (nSPS) is 18.0. The molecular weight excluding hydrogens is 254 g/mol. The Balaban J connectivity index is 2.48. The van der Waals surface area contributed by atoms with Gasteiger partial charge in [-0.3, -0.25) is 9.59 Å². The van der Waals surface area contributed by atoms with Gasteiger partial charge in [-0.25, -0.2) is 0 Å². The van der Waals surface area contributed by atoms with Crippen LogP contribution in [0.1, 0.15) is 47.5 Å². The first-order valence-corrected chi connectivity index (χ1v) is 7.37. The first-order valence-electron chi connectivity index (χ1n) is 7.37. The van der Waals surface area contributed by atoms with E-state index in [-0.39, 0.29) is 23.3 Å². The van der Waals surface area contributed by atoms with Gasteiger partial charge in [0, 0.05) is 24.5 Å². The lowest BCUT2D eigenvalue weighted by Gasteiger charge is -2.37. The highest BCUT2D eigenvalue weighted by atomic mass is 16.2. The van der Waals surface area contributed by atoms with Crippen molar-refractivity contribution in [2.24, 2.45) is 5.41 Å². The van der Waals surface area contributed by atoms with Crippen LogP contribution in [0.25, 0.3) is 0 Å². The SMILES string of the molecule is CNC(C)(C)C(=O)NC1CCN(C(=O)C(C)(C)C)CC1. The summed E-state index contributed by atoms with van der Waals surface area (Å²) >= 11 is 0. The Kier molecular flexibility index (Phi) is 5.19. The predicted molar refractivity (Wildman–Crippen MR) is 80.3 cm³/mol. The first-order chi connectivity index (χ1) is 9.08. The van der Waals surface area contributed by atoms with Crippen molar-refractivity contribution in [1.29, 1.82) is 0 Å². The molecular formula is C15H29N3O2. The van der Waals surface area contributed by atoms with Gasteiger partial charge >= 0.3 is 0 Å². The largest absolute Gasteiger partial charge is 0.352 e. The average molecular weight is 283 g/mol. The zero-order valence-corrected chi connectivity index (χ0v) is 13.7. The second-order valence-electron chi connectivity index (χ2n) is 7.16. The summed E-state index contributed by atoms with van der Waals surface area (Å²) in [5.74, 6) is 0.207. The molecule has 0 aliphatic carbocycles. The van der Waals surface area contributed by atoms with Gasteiger partial charge in [0.05, 0.1) is 5.54 Å². The molecule has 1 heterocycles. The molecule has 0 bridgehead atoms. The van der Waals surface area contributed by atoms with Crippen LogP contribution in [0.15, 0.2) is 0 Å². The number of amides is 2. The number of likely N-dealkylation sites (tertiary alicyclic amines) is 1. The molecule has 0 radical (unpaired) electrons. The molecule has 116 valence electrons. The Labute approximate surface area is 122 Å². The minimum absolute atomic E-state index is 0.0144. The van der Waals surface area contributed by atoms with Crippen molar-refractivity contribution in [3.63, 3.8) is 0 Å². The number of rotatable bonds is 3. The molecule has 0 atom stereocenters. The minimum atomic E-state index is -0.557. The second kappa shape index (κ2) is 6.12. The van der Waals surface area contributed by atoms with Gasteiger partial charge in [0.15, 0.2) is 0 Å². The molecule has 0 unspecified atom stereocenters. The maximum atomic E-state index is 12.2. The first kappa shape index (κ1) is 17.0. The lowest BCUT2D eigenvalue weighted by Crippen LogP contribution is -2.56. The van der Waals surface area contributed by atoms with E-state index in [0.29, 0.717) is 0 Å². The molecule has 0 aromatic carbocycles. The lowest BCUT2D eigenvalue weighted by atomic mass is 9.92. The molecule has 0 spiro atoms. The maximum absolute atomic E-state index is 12.2. The molecule has 1 aliphatic heterocycles. The number of carbonyl (C=O) groups is 2. The van der Waals surface area contributed by atoms with Crippen LogP contribution in [0.5, 0.6) is 0 Å². The summed E-state index contributed by atoms with van der Waals surface area (Å²) in [6.07, 6.45) is 1.65. The van der Waals surface area contributed by atoms with Crippen LogP contribution in [0.2, 0.25) is 0 Å². The molecule has 1 aliphatic rings. The summed E-state index contributed by atoms with van der Waals surface area (Å²) in [5.41, 5.74) is -0.886. The predicted octanol–water partition coefficient (Wildman–Crippen LogP) is 1.14. The molecule has 0 aromatic rings. The number of nitrogens with zero attached hydrogens (tertiary/aromatic N) is 1. The summed E-state index contributed by atoms with van der Waals surface area (Å²) in [6, 6.07) is 0.166. The Morgan fingerprint density at radius 3 is 1.95 bits per heavy atom. The van der Waals surface area contributed by atoms with Crippen molar-refractivity contribution >= 4 is 11.8 Å². The fraction of sp³-hybridized carbons (Fsp3) is 0.867. The molecule has 1 fully saturated rings. The fourth-order valence-corrected chi connectivity index (χ4v) is 2.18. The highest BCUT2D eigenvalue weighted by Gasteiger charge is 2.32. The molecule has 2 N–H and O–H groups in total. The average Bonchev–Trinajstić information content (AvgIpc) is 2.37. The summed E-state index contributed by atoms with van der Waals surface area (Å²) in [6.45, 7) is 11.0. The van der Waals surface area contributed by atoms with E-state index in [9.17, 15) is 9.59 Å². The van der Waals surface area contributed by atoms with Crippen LogP contribution < -0.4 is 10.6 Å². The van der Waals surface area contributed by atoms with Gasteiger partial charge in [-0.2, -0.15) is 0 Å². The molecule has 2 amide bonds. The van der Waals surface area contributed by atoms with E-state index in [1.54, 1.807) is 7.05 Å².